The van der Waals surface area contributed by atoms with Gasteiger partial charge in [0.2, 0.25) is 0 Å². The van der Waals surface area contributed by atoms with E-state index < -0.39 is 0 Å². The van der Waals surface area contributed by atoms with E-state index >= 15 is 0 Å². The van der Waals surface area contributed by atoms with Crippen LogP contribution in [0.25, 0.3) is 10.9 Å². The number of para-hydroxylation sites is 1. The van der Waals surface area contributed by atoms with E-state index in [1.54, 1.807) is 0 Å². The van der Waals surface area contributed by atoms with Crippen LogP contribution in [0.5, 0.6) is 0 Å². The lowest BCUT2D eigenvalue weighted by Crippen LogP contribution is -2.40. The number of rotatable bonds is 7. The zero-order valence-electron chi connectivity index (χ0n) is 18.3. The van der Waals surface area contributed by atoms with Gasteiger partial charge in [0.05, 0.1) is 11.1 Å². The van der Waals surface area contributed by atoms with E-state index in [0.717, 1.165) is 50.1 Å². The number of likely N-dealkylation sites (tertiary alicyclic amines) is 1. The van der Waals surface area contributed by atoms with Gasteiger partial charge in [0.1, 0.15) is 10.0 Å². The summed E-state index contributed by atoms with van der Waals surface area (Å²) in [6.07, 6.45) is 2.28. The third kappa shape index (κ3) is 5.81. The van der Waals surface area contributed by atoms with Crippen LogP contribution in [0.2, 0.25) is 0 Å². The molecule has 1 fully saturated rings. The molecule has 0 bridgehead atoms. The average Bonchev–Trinajstić information content (AvgIpc) is 3.14. The predicted octanol–water partition coefficient (Wildman–Crippen LogP) is 4.64. The number of benzene rings is 1. The second kappa shape index (κ2) is 10.1. The van der Waals surface area contributed by atoms with E-state index in [0.29, 0.717) is 12.1 Å². The Morgan fingerprint density at radius 3 is 2.74 bits per heavy atom. The molecule has 3 aromatic rings. The average molecular weight is 456 g/mol. The molecule has 1 N–H and O–H groups in total. The van der Waals surface area contributed by atoms with Crippen LogP contribution < -0.4 is 5.32 Å². The minimum atomic E-state index is -0.0470. The largest absolute Gasteiger partial charge is 0.352 e. The number of hydrogen-bond donors (Lipinski definition) is 1. The van der Waals surface area contributed by atoms with Gasteiger partial charge >= 0.3 is 0 Å². The molecule has 31 heavy (non-hydrogen) atoms. The van der Waals surface area contributed by atoms with Crippen LogP contribution in [0.15, 0.2) is 39.7 Å². The molecule has 2 aromatic heterocycles. The lowest BCUT2D eigenvalue weighted by atomic mass is 9.92. The Balaban J connectivity index is 1.41. The SMILES string of the molecule is Cc1nnc(Sc2cc(C(=O)NCCCN3C[C@H](C)C[C@H](C)C3)c3ccccc3n2)s1. The molecule has 8 heteroatoms. The van der Waals surface area contributed by atoms with Crippen LogP contribution in [0.4, 0.5) is 0 Å². The Labute approximate surface area is 191 Å². The van der Waals surface area contributed by atoms with E-state index in [-0.39, 0.29) is 5.91 Å². The van der Waals surface area contributed by atoms with Crippen molar-refractivity contribution in [1.29, 1.82) is 0 Å². The minimum Gasteiger partial charge on any atom is -0.352 e. The van der Waals surface area contributed by atoms with Crippen LogP contribution in [-0.4, -0.2) is 52.2 Å². The van der Waals surface area contributed by atoms with E-state index in [1.165, 1.54) is 42.6 Å². The highest BCUT2D eigenvalue weighted by molar-refractivity contribution is 8.01. The summed E-state index contributed by atoms with van der Waals surface area (Å²) in [4.78, 5) is 20.3. The van der Waals surface area contributed by atoms with Crippen molar-refractivity contribution in [2.45, 2.75) is 43.0 Å². The molecule has 164 valence electrons. The monoisotopic (exact) mass is 455 g/mol. The van der Waals surface area contributed by atoms with Crippen molar-refractivity contribution in [3.8, 4) is 0 Å². The highest BCUT2D eigenvalue weighted by Gasteiger charge is 2.21. The molecule has 0 aliphatic carbocycles. The molecule has 0 unspecified atom stereocenters. The van der Waals surface area contributed by atoms with Crippen LogP contribution in [0.3, 0.4) is 0 Å². The molecule has 1 aliphatic heterocycles. The number of hydrogen-bond acceptors (Lipinski definition) is 7. The fraction of sp³-hybridized carbons (Fsp3) is 0.478. The maximum Gasteiger partial charge on any atom is 0.252 e. The lowest BCUT2D eigenvalue weighted by Gasteiger charge is -2.34. The van der Waals surface area contributed by atoms with E-state index in [4.69, 9.17) is 4.98 Å². The molecule has 0 radical (unpaired) electrons. The first-order valence-electron chi connectivity index (χ1n) is 10.9. The number of aryl methyl sites for hydroxylation is 1. The summed E-state index contributed by atoms with van der Waals surface area (Å²) >= 11 is 2.98. The first-order valence-corrected chi connectivity index (χ1v) is 12.5. The second-order valence-corrected chi connectivity index (χ2v) is 11.0. The number of fused-ring (bicyclic) bond motifs is 1. The van der Waals surface area contributed by atoms with Crippen molar-refractivity contribution in [2.24, 2.45) is 11.8 Å². The second-order valence-electron chi connectivity index (χ2n) is 8.53. The third-order valence-corrected chi connectivity index (χ3v) is 7.33. The van der Waals surface area contributed by atoms with Gasteiger partial charge in [-0.2, -0.15) is 0 Å². The molecule has 1 aliphatic rings. The number of amides is 1. The molecule has 1 amide bonds. The van der Waals surface area contributed by atoms with Crippen molar-refractivity contribution in [2.75, 3.05) is 26.2 Å². The number of aromatic nitrogens is 3. The summed E-state index contributed by atoms with van der Waals surface area (Å²) in [5.41, 5.74) is 1.48. The zero-order chi connectivity index (χ0) is 21.8. The summed E-state index contributed by atoms with van der Waals surface area (Å²) in [6, 6.07) is 9.66. The smallest absolute Gasteiger partial charge is 0.252 e. The van der Waals surface area contributed by atoms with Crippen molar-refractivity contribution in [3.63, 3.8) is 0 Å². The Kier molecular flexibility index (Phi) is 7.20. The quantitative estimate of drug-likeness (QED) is 0.523. The first kappa shape index (κ1) is 22.2. The highest BCUT2D eigenvalue weighted by atomic mass is 32.2. The maximum absolute atomic E-state index is 13.0. The Hall–Kier alpha value is -2.03. The fourth-order valence-electron chi connectivity index (χ4n) is 4.37. The van der Waals surface area contributed by atoms with Crippen molar-refractivity contribution in [3.05, 3.63) is 40.9 Å². The molecule has 1 aromatic carbocycles. The molecule has 4 rings (SSSR count). The van der Waals surface area contributed by atoms with Crippen molar-refractivity contribution < 1.29 is 4.79 Å². The molecule has 2 atom stereocenters. The summed E-state index contributed by atoms with van der Waals surface area (Å²) in [6.45, 7) is 10.6. The molecule has 0 saturated carbocycles. The number of carbonyl (C=O) groups is 1. The maximum atomic E-state index is 13.0. The topological polar surface area (TPSA) is 71.0 Å². The summed E-state index contributed by atoms with van der Waals surface area (Å²) in [5.74, 6) is 1.47. The molecule has 0 spiro atoms. The van der Waals surface area contributed by atoms with Crippen LogP contribution >= 0.6 is 23.1 Å². The number of pyridine rings is 1. The first-order chi connectivity index (χ1) is 15.0. The summed E-state index contributed by atoms with van der Waals surface area (Å²) < 4.78 is 0.830. The Morgan fingerprint density at radius 1 is 1.23 bits per heavy atom. The van der Waals surface area contributed by atoms with Gasteiger partial charge in [-0.25, -0.2) is 4.98 Å². The summed E-state index contributed by atoms with van der Waals surface area (Å²) in [7, 11) is 0. The molecule has 1 saturated heterocycles. The van der Waals surface area contributed by atoms with E-state index in [1.807, 2.05) is 37.3 Å². The number of carbonyl (C=O) groups excluding carboxylic acids is 1. The third-order valence-electron chi connectivity index (χ3n) is 5.52. The summed E-state index contributed by atoms with van der Waals surface area (Å²) in [5, 5.41) is 13.9. The number of nitrogens with one attached hydrogen (secondary N) is 1. The van der Waals surface area contributed by atoms with Crippen LogP contribution in [-0.2, 0) is 0 Å². The van der Waals surface area contributed by atoms with Gasteiger partial charge in [0.15, 0.2) is 4.34 Å². The van der Waals surface area contributed by atoms with E-state index in [2.05, 4.69) is 34.3 Å². The van der Waals surface area contributed by atoms with Gasteiger partial charge in [-0.1, -0.05) is 43.4 Å². The standard InChI is InChI=1S/C23H29N5OS2/c1-15-11-16(2)14-28(13-15)10-6-9-24-22(29)19-12-21(31-23-27-26-17(3)30-23)25-20-8-5-4-7-18(19)20/h4-5,7-8,12,15-16H,6,9-11,13-14H2,1-3H3,(H,24,29)/t15-,16+. The van der Waals surface area contributed by atoms with Gasteiger partial charge in [-0.3, -0.25) is 4.79 Å². The van der Waals surface area contributed by atoms with Gasteiger partial charge in [-0.15, -0.1) is 10.2 Å². The van der Waals surface area contributed by atoms with Crippen LogP contribution in [0, 0.1) is 18.8 Å². The Bertz CT molecular complexity index is 1040. The van der Waals surface area contributed by atoms with Gasteiger partial charge in [0.25, 0.3) is 5.91 Å². The number of nitrogens with zero attached hydrogens (tertiary/aromatic N) is 4. The highest BCUT2D eigenvalue weighted by Crippen LogP contribution is 2.31. The predicted molar refractivity (Wildman–Crippen MR) is 127 cm³/mol. The minimum absolute atomic E-state index is 0.0470. The van der Waals surface area contributed by atoms with Crippen LogP contribution in [0.1, 0.15) is 42.1 Å². The van der Waals surface area contributed by atoms with Gasteiger partial charge in [-0.05, 0) is 62.0 Å². The van der Waals surface area contributed by atoms with Gasteiger partial charge < -0.3 is 10.2 Å². The fourth-order valence-corrected chi connectivity index (χ4v) is 6.16. The van der Waals surface area contributed by atoms with Gasteiger partial charge in [0, 0.05) is 25.0 Å². The zero-order valence-corrected chi connectivity index (χ0v) is 19.9. The molecular formula is C23H29N5OS2. The molecular weight excluding hydrogens is 426 g/mol. The lowest BCUT2D eigenvalue weighted by molar-refractivity contribution is 0.0948. The molecule has 6 nitrogen and oxygen atoms in total. The van der Waals surface area contributed by atoms with E-state index in [9.17, 15) is 4.79 Å². The number of piperidine rings is 1. The molecule has 3 heterocycles. The normalized spacial score (nSPS) is 19.6. The van der Waals surface area contributed by atoms with Crippen molar-refractivity contribution >= 4 is 39.9 Å². The Morgan fingerprint density at radius 2 is 2.00 bits per heavy atom. The van der Waals surface area contributed by atoms with Crippen molar-refractivity contribution in [1.82, 2.24) is 25.4 Å².